The molecule has 0 aliphatic rings. The van der Waals surface area contributed by atoms with E-state index in [0.29, 0.717) is 0 Å². The van der Waals surface area contributed by atoms with Crippen LogP contribution in [0.1, 0.15) is 11.1 Å². The van der Waals surface area contributed by atoms with Crippen LogP contribution in [0.2, 0.25) is 0 Å². The van der Waals surface area contributed by atoms with Crippen molar-refractivity contribution >= 4 is 87.2 Å². The number of para-hydroxylation sites is 3. The highest BCUT2D eigenvalue weighted by Crippen LogP contribution is 2.50. The van der Waals surface area contributed by atoms with Crippen LogP contribution < -0.4 is 0 Å². The van der Waals surface area contributed by atoms with Crippen LogP contribution in [0.4, 0.5) is 0 Å². The van der Waals surface area contributed by atoms with Gasteiger partial charge in [0.15, 0.2) is 5.82 Å². The van der Waals surface area contributed by atoms with Gasteiger partial charge in [0, 0.05) is 97.1 Å². The Morgan fingerprint density at radius 1 is 0.262 bits per heavy atom. The molecule has 8 heteroatoms. The number of hydrogen-bond acceptors (Lipinski definition) is 4. The fourth-order valence-corrected chi connectivity index (χ4v) is 13.6. The van der Waals surface area contributed by atoms with Crippen molar-refractivity contribution in [3.05, 3.63) is 279 Å². The Hall–Kier alpha value is -11.2. The van der Waals surface area contributed by atoms with E-state index in [2.05, 4.69) is 263 Å². The molecule has 0 unspecified atom stereocenters. The second-order valence-electron chi connectivity index (χ2n) is 21.9. The first-order valence-electron chi connectivity index (χ1n) is 28.5. The minimum atomic E-state index is 0.773. The zero-order chi connectivity index (χ0) is 55.6. The SMILES string of the molecule is Cc1cccc(C)c1-c1c(-c2ccc(-n3c4ccc(-c5ccccc5)cc4c4cc(-c5ccccc5)ccc43)cc2)c(-n2c3ccccc3c3cnccc32)nc(-n2c3ccccc3c3cnccc32)c1-n1c2ccccc2c2cnccc21. The topological polar surface area (TPSA) is 71.3 Å². The Morgan fingerprint density at radius 2 is 0.667 bits per heavy atom. The van der Waals surface area contributed by atoms with Crippen molar-refractivity contribution in [2.24, 2.45) is 0 Å². The van der Waals surface area contributed by atoms with Crippen molar-refractivity contribution in [3.63, 3.8) is 0 Å². The van der Waals surface area contributed by atoms with Gasteiger partial charge in [0.05, 0.1) is 49.8 Å². The summed E-state index contributed by atoms with van der Waals surface area (Å²) in [5.74, 6) is 1.56. The van der Waals surface area contributed by atoms with Gasteiger partial charge in [0.2, 0.25) is 0 Å². The Kier molecular flexibility index (Phi) is 10.6. The number of benzene rings is 9. The zero-order valence-corrected chi connectivity index (χ0v) is 46.0. The van der Waals surface area contributed by atoms with E-state index in [1.165, 1.54) is 33.0 Å². The first-order valence-corrected chi connectivity index (χ1v) is 28.5. The van der Waals surface area contributed by atoms with Crippen LogP contribution in [0.15, 0.2) is 268 Å². The molecule has 17 rings (SSSR count). The van der Waals surface area contributed by atoms with E-state index in [-0.39, 0.29) is 0 Å². The molecular weight excluding hydrogens is 1020 g/mol. The van der Waals surface area contributed by atoms with Gasteiger partial charge in [-0.15, -0.1) is 0 Å². The third-order valence-corrected chi connectivity index (χ3v) is 17.3. The number of pyridine rings is 4. The molecule has 17 aromatic rings. The molecule has 0 aliphatic heterocycles. The smallest absolute Gasteiger partial charge is 0.165 e. The normalized spacial score (nSPS) is 11.9. The standard InChI is InChI=1S/C76H50N8/c1-47-16-15-17-48(2)71(47)73-72(51-28-32-54(33-29-51)81-66-34-30-52(49-18-5-3-6-19-49)42-58(66)59-43-53(31-35-67(59)81)50-20-7-4-8-21-50)75(83-64-26-13-10-23-56(64)61-45-78-40-37-69(61)83)80-76(84-65-27-14-11-24-57(65)62-46-79-41-38-70(62)84)74(73)82-63-25-12-9-22-55(63)60-44-77-39-36-68(60)82/h3-46H,1-2H3. The summed E-state index contributed by atoms with van der Waals surface area (Å²) in [6.45, 7) is 4.50. The summed E-state index contributed by atoms with van der Waals surface area (Å²) in [5, 5.41) is 8.83. The maximum atomic E-state index is 6.31. The second-order valence-corrected chi connectivity index (χ2v) is 21.9. The summed E-state index contributed by atoms with van der Waals surface area (Å²) in [6.07, 6.45) is 11.7. The number of aryl methyl sites for hydroxylation is 2. The molecule has 0 saturated carbocycles. The molecule has 8 aromatic heterocycles. The predicted molar refractivity (Wildman–Crippen MR) is 346 cm³/mol. The number of rotatable bonds is 8. The van der Waals surface area contributed by atoms with E-state index in [0.717, 1.165) is 133 Å². The second kappa shape index (κ2) is 18.7. The van der Waals surface area contributed by atoms with Gasteiger partial charge in [-0.1, -0.05) is 158 Å². The lowest BCUT2D eigenvalue weighted by molar-refractivity contribution is 0.985. The Bertz CT molecular complexity index is 5230. The van der Waals surface area contributed by atoms with Gasteiger partial charge < -0.3 is 9.13 Å². The number of hydrogen-bond donors (Lipinski definition) is 0. The highest BCUT2D eigenvalue weighted by atomic mass is 15.2. The van der Waals surface area contributed by atoms with Crippen molar-refractivity contribution < 1.29 is 0 Å². The van der Waals surface area contributed by atoms with Gasteiger partial charge >= 0.3 is 0 Å². The van der Waals surface area contributed by atoms with E-state index >= 15 is 0 Å². The fourth-order valence-electron chi connectivity index (χ4n) is 13.6. The highest BCUT2D eigenvalue weighted by molar-refractivity contribution is 6.15. The van der Waals surface area contributed by atoms with Crippen LogP contribution in [0.3, 0.4) is 0 Å². The molecule has 0 atom stereocenters. The summed E-state index contributed by atoms with van der Waals surface area (Å²) >= 11 is 0. The number of fused-ring (bicyclic) bond motifs is 12. The summed E-state index contributed by atoms with van der Waals surface area (Å²) < 4.78 is 9.65. The Labute approximate surface area is 483 Å². The van der Waals surface area contributed by atoms with Gasteiger partial charge in [0.25, 0.3) is 0 Å². The summed E-state index contributed by atoms with van der Waals surface area (Å²) in [7, 11) is 0. The quantitative estimate of drug-likeness (QED) is 0.152. The summed E-state index contributed by atoms with van der Waals surface area (Å²) in [6, 6.07) is 83.6. The molecule has 8 heterocycles. The Morgan fingerprint density at radius 3 is 1.17 bits per heavy atom. The molecule has 0 spiro atoms. The van der Waals surface area contributed by atoms with Crippen LogP contribution >= 0.6 is 0 Å². The minimum absolute atomic E-state index is 0.773. The number of aromatic nitrogens is 8. The van der Waals surface area contributed by atoms with Crippen molar-refractivity contribution in [1.29, 1.82) is 0 Å². The van der Waals surface area contributed by atoms with Gasteiger partial charge in [0.1, 0.15) is 5.82 Å². The predicted octanol–water partition coefficient (Wildman–Crippen LogP) is 18.9. The molecule has 8 nitrogen and oxygen atoms in total. The molecule has 9 aromatic carbocycles. The average Bonchev–Trinajstić information content (AvgIpc) is 1.83. The van der Waals surface area contributed by atoms with E-state index in [9.17, 15) is 0 Å². The monoisotopic (exact) mass is 1070 g/mol. The first-order chi connectivity index (χ1) is 41.6. The van der Waals surface area contributed by atoms with Crippen molar-refractivity contribution in [3.8, 4) is 67.5 Å². The third kappa shape index (κ3) is 7.07. The van der Waals surface area contributed by atoms with Crippen molar-refractivity contribution in [2.75, 3.05) is 0 Å². The molecule has 84 heavy (non-hydrogen) atoms. The molecule has 0 N–H and O–H groups in total. The molecule has 0 bridgehead atoms. The van der Waals surface area contributed by atoms with E-state index in [1.54, 1.807) is 0 Å². The summed E-state index contributed by atoms with van der Waals surface area (Å²) in [4.78, 5) is 20.5. The zero-order valence-electron chi connectivity index (χ0n) is 46.0. The molecular formula is C76H50N8. The average molecular weight is 1080 g/mol. The van der Waals surface area contributed by atoms with Gasteiger partial charge in [-0.05, 0) is 131 Å². The fraction of sp³-hybridized carbons (Fsp3) is 0.0263. The van der Waals surface area contributed by atoms with Crippen LogP contribution in [0, 0.1) is 13.8 Å². The van der Waals surface area contributed by atoms with Crippen LogP contribution in [-0.4, -0.2) is 38.2 Å². The van der Waals surface area contributed by atoms with Gasteiger partial charge in [-0.3, -0.25) is 24.1 Å². The van der Waals surface area contributed by atoms with Crippen molar-refractivity contribution in [1.82, 2.24) is 38.2 Å². The lowest BCUT2D eigenvalue weighted by Crippen LogP contribution is -2.14. The van der Waals surface area contributed by atoms with Gasteiger partial charge in [-0.25, -0.2) is 4.98 Å². The molecule has 0 radical (unpaired) electrons. The van der Waals surface area contributed by atoms with Crippen LogP contribution in [-0.2, 0) is 0 Å². The maximum Gasteiger partial charge on any atom is 0.165 e. The van der Waals surface area contributed by atoms with Crippen molar-refractivity contribution in [2.45, 2.75) is 13.8 Å². The summed E-state index contributed by atoms with van der Waals surface area (Å²) in [5.41, 5.74) is 21.6. The molecule has 0 amide bonds. The van der Waals surface area contributed by atoms with Crippen LogP contribution in [0.25, 0.3) is 155 Å². The largest absolute Gasteiger partial charge is 0.309 e. The molecule has 0 aliphatic carbocycles. The Balaban J connectivity index is 1.03. The first kappa shape index (κ1) is 47.6. The maximum absolute atomic E-state index is 6.31. The third-order valence-electron chi connectivity index (χ3n) is 17.3. The molecule has 0 saturated heterocycles. The lowest BCUT2D eigenvalue weighted by atomic mass is 9.88. The van der Waals surface area contributed by atoms with E-state index < -0.39 is 0 Å². The molecule has 394 valence electrons. The molecule has 0 fully saturated rings. The minimum Gasteiger partial charge on any atom is -0.309 e. The lowest BCUT2D eigenvalue weighted by Gasteiger charge is -2.27. The van der Waals surface area contributed by atoms with E-state index in [1.807, 2.05) is 37.2 Å². The van der Waals surface area contributed by atoms with Crippen LogP contribution in [0.5, 0.6) is 0 Å². The highest BCUT2D eigenvalue weighted by Gasteiger charge is 2.32. The van der Waals surface area contributed by atoms with Gasteiger partial charge in [-0.2, -0.15) is 0 Å². The van der Waals surface area contributed by atoms with E-state index in [4.69, 9.17) is 19.9 Å². The number of nitrogens with zero attached hydrogens (tertiary/aromatic N) is 8.